The van der Waals surface area contributed by atoms with Crippen LogP contribution in [0, 0.1) is 18.3 Å². The number of hydrogen-bond donors (Lipinski definition) is 3. The fraction of sp³-hybridized carbons (Fsp3) is 0.238. The van der Waals surface area contributed by atoms with Gasteiger partial charge >= 0.3 is 0 Å². The highest BCUT2D eigenvalue weighted by atomic mass is 16.3. The maximum atomic E-state index is 12.5. The van der Waals surface area contributed by atoms with Crippen molar-refractivity contribution in [3.8, 4) is 11.8 Å². The van der Waals surface area contributed by atoms with Crippen molar-refractivity contribution in [1.82, 2.24) is 0 Å². The van der Waals surface area contributed by atoms with E-state index in [1.807, 2.05) is 51.1 Å². The van der Waals surface area contributed by atoms with Gasteiger partial charge in [-0.1, -0.05) is 38.1 Å². The molecule has 3 N–H and O–H groups in total. The number of amides is 1. The zero-order valence-electron chi connectivity index (χ0n) is 15.3. The first-order chi connectivity index (χ1) is 12.5. The number of aromatic hydroxyl groups is 1. The summed E-state index contributed by atoms with van der Waals surface area (Å²) >= 11 is 0. The van der Waals surface area contributed by atoms with Crippen LogP contribution < -0.4 is 10.6 Å². The molecule has 0 unspecified atom stereocenters. The van der Waals surface area contributed by atoms with Crippen molar-refractivity contribution >= 4 is 17.3 Å². The molecule has 0 radical (unpaired) electrons. The molecule has 0 spiro atoms. The van der Waals surface area contributed by atoms with Gasteiger partial charge in [0.15, 0.2) is 0 Å². The van der Waals surface area contributed by atoms with E-state index in [-0.39, 0.29) is 11.3 Å². The molecule has 0 aliphatic carbocycles. The Kier molecular flexibility index (Phi) is 6.40. The van der Waals surface area contributed by atoms with E-state index >= 15 is 0 Å². The smallest absolute Gasteiger partial charge is 0.267 e. The topological polar surface area (TPSA) is 85.2 Å². The summed E-state index contributed by atoms with van der Waals surface area (Å²) in [6.45, 7) is 5.91. The summed E-state index contributed by atoms with van der Waals surface area (Å²) < 4.78 is 0. The van der Waals surface area contributed by atoms with Crippen molar-refractivity contribution in [2.45, 2.75) is 33.6 Å². The van der Waals surface area contributed by atoms with Gasteiger partial charge in [-0.05, 0) is 48.6 Å². The van der Waals surface area contributed by atoms with Crippen molar-refractivity contribution < 1.29 is 9.90 Å². The maximum absolute atomic E-state index is 12.5. The summed E-state index contributed by atoms with van der Waals surface area (Å²) in [5.41, 5.74) is 4.09. The van der Waals surface area contributed by atoms with E-state index < -0.39 is 5.91 Å². The van der Waals surface area contributed by atoms with E-state index in [9.17, 15) is 15.2 Å². The Labute approximate surface area is 154 Å². The second-order valence-corrected chi connectivity index (χ2v) is 5.95. The number of nitriles is 1. The minimum Gasteiger partial charge on any atom is -0.506 e. The average molecular weight is 349 g/mol. The molecule has 0 heterocycles. The number of nitrogens with zero attached hydrogens (tertiary/aromatic N) is 1. The summed E-state index contributed by atoms with van der Waals surface area (Å²) in [5.74, 6) is -0.425. The van der Waals surface area contributed by atoms with Crippen molar-refractivity contribution in [2.75, 3.05) is 10.6 Å². The molecule has 0 bridgehead atoms. The molecular formula is C21H23N3O2. The summed E-state index contributed by atoms with van der Waals surface area (Å²) in [5, 5.41) is 24.9. The van der Waals surface area contributed by atoms with Crippen LogP contribution in [-0.2, 0) is 17.6 Å². The Hall–Kier alpha value is -3.26. The van der Waals surface area contributed by atoms with Gasteiger partial charge < -0.3 is 15.7 Å². The molecule has 0 fully saturated rings. The summed E-state index contributed by atoms with van der Waals surface area (Å²) in [6, 6.07) is 12.9. The molecule has 0 aliphatic rings. The first-order valence-electron chi connectivity index (χ1n) is 8.58. The average Bonchev–Trinajstić information content (AvgIpc) is 2.63. The molecule has 26 heavy (non-hydrogen) atoms. The van der Waals surface area contributed by atoms with E-state index in [1.54, 1.807) is 12.1 Å². The van der Waals surface area contributed by atoms with Crippen LogP contribution in [0.25, 0.3) is 0 Å². The Morgan fingerprint density at radius 3 is 2.38 bits per heavy atom. The van der Waals surface area contributed by atoms with Crippen LogP contribution in [0.3, 0.4) is 0 Å². The minimum absolute atomic E-state index is 0.0588. The van der Waals surface area contributed by atoms with E-state index in [2.05, 4.69) is 10.6 Å². The molecule has 0 aromatic heterocycles. The first-order valence-corrected chi connectivity index (χ1v) is 8.58. The second kappa shape index (κ2) is 8.72. The number of para-hydroxylation sites is 1. The highest BCUT2D eigenvalue weighted by Gasteiger charge is 2.14. The Bertz CT molecular complexity index is 857. The van der Waals surface area contributed by atoms with E-state index in [4.69, 9.17) is 0 Å². The molecule has 2 rings (SSSR count). The molecule has 5 nitrogen and oxygen atoms in total. The lowest BCUT2D eigenvalue weighted by Gasteiger charge is -2.14. The lowest BCUT2D eigenvalue weighted by Crippen LogP contribution is -2.17. The van der Waals surface area contributed by atoms with E-state index in [0.717, 1.165) is 35.2 Å². The van der Waals surface area contributed by atoms with E-state index in [0.29, 0.717) is 5.69 Å². The minimum atomic E-state index is -0.484. The number of carbonyl (C=O) groups is 1. The van der Waals surface area contributed by atoms with Crippen LogP contribution >= 0.6 is 0 Å². The zero-order valence-corrected chi connectivity index (χ0v) is 15.3. The number of phenols is 1. The molecule has 0 saturated carbocycles. The number of anilines is 2. The second-order valence-electron chi connectivity index (χ2n) is 5.95. The third-order valence-corrected chi connectivity index (χ3v) is 4.13. The molecule has 2 aromatic carbocycles. The van der Waals surface area contributed by atoms with Gasteiger partial charge in [0.1, 0.15) is 17.4 Å². The maximum Gasteiger partial charge on any atom is 0.267 e. The zero-order chi connectivity index (χ0) is 19.1. The normalized spacial score (nSPS) is 10.9. The number of phenolic OH excluding ortho intramolecular Hbond substituents is 1. The number of rotatable bonds is 6. The first kappa shape index (κ1) is 19.1. The van der Waals surface area contributed by atoms with Gasteiger partial charge in [0.05, 0.1) is 5.69 Å². The third kappa shape index (κ3) is 4.42. The van der Waals surface area contributed by atoms with Crippen LogP contribution in [0.2, 0.25) is 0 Å². The van der Waals surface area contributed by atoms with Gasteiger partial charge in [-0.3, -0.25) is 4.79 Å². The predicted molar refractivity (Wildman–Crippen MR) is 104 cm³/mol. The summed E-state index contributed by atoms with van der Waals surface area (Å²) in [7, 11) is 0. The van der Waals surface area contributed by atoms with Gasteiger partial charge in [0, 0.05) is 11.9 Å². The highest BCUT2D eigenvalue weighted by molar-refractivity contribution is 6.07. The Morgan fingerprint density at radius 2 is 1.85 bits per heavy atom. The molecule has 0 aliphatic heterocycles. The van der Waals surface area contributed by atoms with Crippen LogP contribution in [0.5, 0.6) is 5.75 Å². The molecule has 0 atom stereocenters. The van der Waals surface area contributed by atoms with Crippen molar-refractivity contribution in [3.63, 3.8) is 0 Å². The van der Waals surface area contributed by atoms with Gasteiger partial charge in [-0.25, -0.2) is 0 Å². The van der Waals surface area contributed by atoms with Crippen LogP contribution in [0.1, 0.15) is 30.5 Å². The lowest BCUT2D eigenvalue weighted by molar-refractivity contribution is -0.112. The molecule has 1 amide bonds. The number of hydrogen-bond acceptors (Lipinski definition) is 4. The van der Waals surface area contributed by atoms with Gasteiger partial charge in [0.25, 0.3) is 5.91 Å². The lowest BCUT2D eigenvalue weighted by atomic mass is 10.0. The highest BCUT2D eigenvalue weighted by Crippen LogP contribution is 2.25. The Balaban J connectivity index is 2.23. The van der Waals surface area contributed by atoms with Crippen LogP contribution in [-0.4, -0.2) is 11.0 Å². The number of nitrogens with one attached hydrogen (secondary N) is 2. The monoisotopic (exact) mass is 349 g/mol. The standard InChI is InChI=1S/C21H23N3O2/c1-4-15-7-6-8-16(5-2)20(15)24-21(26)17(12-22)13-23-18-10-9-14(3)11-19(18)25/h6-11,13,23,25H,4-5H2,1-3H3,(H,24,26)/b17-13-. The number of benzene rings is 2. The van der Waals surface area contributed by atoms with Crippen LogP contribution in [0.4, 0.5) is 11.4 Å². The van der Waals surface area contributed by atoms with Gasteiger partial charge in [-0.15, -0.1) is 0 Å². The molecule has 134 valence electrons. The fourth-order valence-electron chi connectivity index (χ4n) is 2.65. The molecule has 0 saturated heterocycles. The molecular weight excluding hydrogens is 326 g/mol. The van der Waals surface area contributed by atoms with Crippen molar-refractivity contribution in [3.05, 3.63) is 64.9 Å². The fourth-order valence-corrected chi connectivity index (χ4v) is 2.65. The van der Waals surface area contributed by atoms with Crippen molar-refractivity contribution in [2.24, 2.45) is 0 Å². The van der Waals surface area contributed by atoms with Gasteiger partial charge in [0.2, 0.25) is 0 Å². The molecule has 2 aromatic rings. The predicted octanol–water partition coefficient (Wildman–Crippen LogP) is 4.28. The quantitative estimate of drug-likeness (QED) is 0.413. The summed E-state index contributed by atoms with van der Waals surface area (Å²) in [6.07, 6.45) is 2.87. The number of carbonyl (C=O) groups excluding carboxylic acids is 1. The molecule has 5 heteroatoms. The van der Waals surface area contributed by atoms with E-state index in [1.165, 1.54) is 6.20 Å². The van der Waals surface area contributed by atoms with Crippen molar-refractivity contribution in [1.29, 1.82) is 5.26 Å². The van der Waals surface area contributed by atoms with Crippen LogP contribution in [0.15, 0.2) is 48.2 Å². The SMILES string of the molecule is CCc1cccc(CC)c1NC(=O)/C(C#N)=C\Nc1ccc(C)cc1O. The largest absolute Gasteiger partial charge is 0.506 e. The summed E-state index contributed by atoms with van der Waals surface area (Å²) in [4.78, 5) is 12.5. The third-order valence-electron chi connectivity index (χ3n) is 4.13. The number of aryl methyl sites for hydroxylation is 3. The van der Waals surface area contributed by atoms with Gasteiger partial charge in [-0.2, -0.15) is 5.26 Å². The Morgan fingerprint density at radius 1 is 1.19 bits per heavy atom.